The van der Waals surface area contributed by atoms with E-state index < -0.39 is 10.0 Å². The highest BCUT2D eigenvalue weighted by Gasteiger charge is 2.17. The van der Waals surface area contributed by atoms with E-state index in [4.69, 9.17) is 4.42 Å². The van der Waals surface area contributed by atoms with Crippen molar-refractivity contribution in [3.05, 3.63) is 53.8 Å². The van der Waals surface area contributed by atoms with Crippen molar-refractivity contribution in [2.24, 2.45) is 0 Å². The molecule has 0 spiro atoms. The second-order valence-electron chi connectivity index (χ2n) is 5.28. The van der Waals surface area contributed by atoms with Crippen molar-refractivity contribution in [1.29, 1.82) is 0 Å². The predicted octanol–water partition coefficient (Wildman–Crippen LogP) is 2.91. The number of thiazole rings is 1. The van der Waals surface area contributed by atoms with Gasteiger partial charge in [0.05, 0.1) is 16.9 Å². The van der Waals surface area contributed by atoms with E-state index in [-0.39, 0.29) is 16.6 Å². The molecule has 0 unspecified atom stereocenters. The van der Waals surface area contributed by atoms with Crippen LogP contribution in [-0.4, -0.2) is 37.7 Å². The largest absolute Gasteiger partial charge is 0.459 e. The van der Waals surface area contributed by atoms with Gasteiger partial charge in [0, 0.05) is 25.0 Å². The van der Waals surface area contributed by atoms with Crippen molar-refractivity contribution in [3.63, 3.8) is 0 Å². The molecule has 0 atom stereocenters. The van der Waals surface area contributed by atoms with E-state index in [0.717, 1.165) is 9.87 Å². The van der Waals surface area contributed by atoms with Crippen molar-refractivity contribution < 1.29 is 17.6 Å². The van der Waals surface area contributed by atoms with Crippen LogP contribution < -0.4 is 5.32 Å². The molecule has 9 heteroatoms. The van der Waals surface area contributed by atoms with Crippen LogP contribution in [0.15, 0.2) is 57.4 Å². The van der Waals surface area contributed by atoms with Gasteiger partial charge in [-0.25, -0.2) is 17.7 Å². The van der Waals surface area contributed by atoms with E-state index in [0.29, 0.717) is 10.8 Å². The molecule has 0 aliphatic carbocycles. The van der Waals surface area contributed by atoms with Gasteiger partial charge in [-0.15, -0.1) is 11.3 Å². The number of nitrogens with one attached hydrogen (secondary N) is 1. The van der Waals surface area contributed by atoms with Gasteiger partial charge in [-0.1, -0.05) is 12.1 Å². The molecule has 2 aromatic heterocycles. The Bertz CT molecular complexity index is 975. The monoisotopic (exact) mass is 377 g/mol. The molecule has 0 saturated carbocycles. The van der Waals surface area contributed by atoms with Gasteiger partial charge in [0.1, 0.15) is 0 Å². The van der Waals surface area contributed by atoms with Crippen molar-refractivity contribution >= 4 is 32.4 Å². The summed E-state index contributed by atoms with van der Waals surface area (Å²) in [4.78, 5) is 16.5. The van der Waals surface area contributed by atoms with Gasteiger partial charge in [-0.3, -0.25) is 10.1 Å². The van der Waals surface area contributed by atoms with Crippen LogP contribution in [0.4, 0.5) is 5.13 Å². The second-order valence-corrected chi connectivity index (χ2v) is 8.29. The van der Waals surface area contributed by atoms with Gasteiger partial charge in [0.2, 0.25) is 10.0 Å². The molecule has 0 aliphatic rings. The highest BCUT2D eigenvalue weighted by atomic mass is 32.2. The average molecular weight is 377 g/mol. The SMILES string of the molecule is CN(C)S(=O)(=O)c1ccc(-c2csc(NC(=O)c3ccco3)n2)cc1. The smallest absolute Gasteiger partial charge is 0.293 e. The Morgan fingerprint density at radius 1 is 1.20 bits per heavy atom. The van der Waals surface area contributed by atoms with Crippen molar-refractivity contribution in [1.82, 2.24) is 9.29 Å². The summed E-state index contributed by atoms with van der Waals surface area (Å²) in [5.74, 6) is -0.173. The molecule has 3 aromatic rings. The lowest BCUT2D eigenvalue weighted by Gasteiger charge is -2.11. The summed E-state index contributed by atoms with van der Waals surface area (Å²) in [5.41, 5.74) is 1.40. The number of anilines is 1. The second kappa shape index (κ2) is 6.79. The summed E-state index contributed by atoms with van der Waals surface area (Å²) in [6, 6.07) is 9.63. The van der Waals surface area contributed by atoms with Crippen LogP contribution in [-0.2, 0) is 10.0 Å². The van der Waals surface area contributed by atoms with Crippen LogP contribution in [0.5, 0.6) is 0 Å². The Balaban J connectivity index is 1.77. The molecule has 2 heterocycles. The van der Waals surface area contributed by atoms with Gasteiger partial charge >= 0.3 is 0 Å². The van der Waals surface area contributed by atoms with Crippen LogP contribution in [0.25, 0.3) is 11.3 Å². The van der Waals surface area contributed by atoms with Gasteiger partial charge < -0.3 is 4.42 Å². The first-order valence-electron chi connectivity index (χ1n) is 7.21. The predicted molar refractivity (Wildman–Crippen MR) is 95.1 cm³/mol. The first kappa shape index (κ1) is 17.3. The molecular formula is C16H15N3O4S2. The molecule has 0 aliphatic heterocycles. The molecule has 25 heavy (non-hydrogen) atoms. The maximum Gasteiger partial charge on any atom is 0.293 e. The quantitative estimate of drug-likeness (QED) is 0.738. The Morgan fingerprint density at radius 2 is 1.92 bits per heavy atom. The van der Waals surface area contributed by atoms with Crippen LogP contribution in [0.3, 0.4) is 0 Å². The maximum absolute atomic E-state index is 12.1. The molecule has 1 N–H and O–H groups in total. The molecule has 0 saturated heterocycles. The molecule has 0 bridgehead atoms. The summed E-state index contributed by atoms with van der Waals surface area (Å²) >= 11 is 1.27. The van der Waals surface area contributed by atoms with E-state index >= 15 is 0 Å². The molecule has 130 valence electrons. The van der Waals surface area contributed by atoms with Gasteiger partial charge in [-0.05, 0) is 24.3 Å². The highest BCUT2D eigenvalue weighted by molar-refractivity contribution is 7.89. The number of hydrogen-bond acceptors (Lipinski definition) is 6. The van der Waals surface area contributed by atoms with Gasteiger partial charge in [0.25, 0.3) is 5.91 Å². The number of hydrogen-bond donors (Lipinski definition) is 1. The fourth-order valence-corrected chi connectivity index (χ4v) is 3.66. The zero-order chi connectivity index (χ0) is 18.0. The summed E-state index contributed by atoms with van der Waals surface area (Å²) in [5, 5.41) is 4.87. The number of carbonyl (C=O) groups excluding carboxylic acids is 1. The lowest BCUT2D eigenvalue weighted by Crippen LogP contribution is -2.22. The topological polar surface area (TPSA) is 92.5 Å². The third kappa shape index (κ3) is 3.63. The number of carbonyl (C=O) groups is 1. The maximum atomic E-state index is 12.1. The summed E-state index contributed by atoms with van der Waals surface area (Å²) in [7, 11) is -0.496. The number of nitrogens with zero attached hydrogens (tertiary/aromatic N) is 2. The van der Waals surface area contributed by atoms with E-state index in [2.05, 4.69) is 10.3 Å². The lowest BCUT2D eigenvalue weighted by molar-refractivity contribution is 0.0996. The van der Waals surface area contributed by atoms with E-state index in [1.807, 2.05) is 0 Å². The Labute approximate surface area is 149 Å². The molecule has 0 radical (unpaired) electrons. The fraction of sp³-hybridized carbons (Fsp3) is 0.125. The summed E-state index contributed by atoms with van der Waals surface area (Å²) in [6.07, 6.45) is 1.42. The zero-order valence-electron chi connectivity index (χ0n) is 13.5. The molecule has 7 nitrogen and oxygen atoms in total. The van der Waals surface area contributed by atoms with E-state index in [1.54, 1.807) is 29.6 Å². The number of rotatable bonds is 5. The van der Waals surface area contributed by atoms with Crippen molar-refractivity contribution in [2.45, 2.75) is 4.90 Å². The molecule has 3 rings (SSSR count). The lowest BCUT2D eigenvalue weighted by atomic mass is 10.2. The normalized spacial score (nSPS) is 11.6. The number of benzene rings is 1. The Morgan fingerprint density at radius 3 is 2.52 bits per heavy atom. The Kier molecular flexibility index (Phi) is 4.71. The number of furan rings is 1. The van der Waals surface area contributed by atoms with Crippen LogP contribution in [0.2, 0.25) is 0 Å². The first-order chi connectivity index (χ1) is 11.9. The van der Waals surface area contributed by atoms with E-state index in [9.17, 15) is 13.2 Å². The Hall–Kier alpha value is -2.49. The standard InChI is InChI=1S/C16H15N3O4S2/c1-19(2)25(21,22)12-7-5-11(6-8-12)13-10-24-16(17-13)18-15(20)14-4-3-9-23-14/h3-10H,1-2H3,(H,17,18,20). The highest BCUT2D eigenvalue weighted by Crippen LogP contribution is 2.26. The summed E-state index contributed by atoms with van der Waals surface area (Å²) < 4.78 is 30.3. The molecule has 0 fully saturated rings. The van der Waals surface area contributed by atoms with Crippen molar-refractivity contribution in [2.75, 3.05) is 19.4 Å². The number of sulfonamides is 1. The van der Waals surface area contributed by atoms with Crippen LogP contribution in [0.1, 0.15) is 10.6 Å². The molecular weight excluding hydrogens is 362 g/mol. The number of amides is 1. The van der Waals surface area contributed by atoms with E-state index in [1.165, 1.54) is 43.8 Å². The van der Waals surface area contributed by atoms with Gasteiger partial charge in [-0.2, -0.15) is 0 Å². The van der Waals surface area contributed by atoms with Crippen molar-refractivity contribution in [3.8, 4) is 11.3 Å². The van der Waals surface area contributed by atoms with Gasteiger partial charge in [0.15, 0.2) is 10.9 Å². The fourth-order valence-electron chi connectivity index (χ4n) is 2.04. The van der Waals surface area contributed by atoms with Crippen LogP contribution in [0, 0.1) is 0 Å². The average Bonchev–Trinajstić information content (AvgIpc) is 3.26. The minimum atomic E-state index is -3.46. The minimum Gasteiger partial charge on any atom is -0.459 e. The molecule has 1 amide bonds. The first-order valence-corrected chi connectivity index (χ1v) is 9.53. The number of aromatic nitrogens is 1. The van der Waals surface area contributed by atoms with Crippen LogP contribution >= 0.6 is 11.3 Å². The third-order valence-corrected chi connectivity index (χ3v) is 5.99. The minimum absolute atomic E-state index is 0.204. The summed E-state index contributed by atoms with van der Waals surface area (Å²) in [6.45, 7) is 0. The zero-order valence-corrected chi connectivity index (χ0v) is 15.1. The molecule has 1 aromatic carbocycles. The third-order valence-electron chi connectivity index (χ3n) is 3.40.